The fraction of sp³-hybridized carbons (Fsp3) is 0.400. The van der Waals surface area contributed by atoms with E-state index in [1.807, 2.05) is 36.4 Å². The minimum absolute atomic E-state index is 0.000385. The molecule has 1 aromatic carbocycles. The minimum Gasteiger partial charge on any atom is -0.506 e. The van der Waals surface area contributed by atoms with Gasteiger partial charge in [0.25, 0.3) is 5.69 Å². The average Bonchev–Trinajstić information content (AvgIpc) is 2.12. The summed E-state index contributed by atoms with van der Waals surface area (Å²) in [6.07, 6.45) is 0. The predicted octanol–water partition coefficient (Wildman–Crippen LogP) is 3.34. The van der Waals surface area contributed by atoms with Crippen LogP contribution in [0.15, 0.2) is 6.07 Å². The summed E-state index contributed by atoms with van der Waals surface area (Å²) in [5, 5.41) is 20.7. The molecule has 0 aliphatic rings. The zero-order valence-corrected chi connectivity index (χ0v) is 10.9. The molecule has 0 aliphatic carbocycles. The predicted molar refractivity (Wildman–Crippen MR) is 66.3 cm³/mol. The van der Waals surface area contributed by atoms with E-state index in [1.165, 1.54) is 6.07 Å². The van der Waals surface area contributed by atoms with E-state index >= 15 is 0 Å². The summed E-state index contributed by atoms with van der Waals surface area (Å²) in [6.45, 7) is 5.40. The Morgan fingerprint density at radius 2 is 2.07 bits per heavy atom. The van der Waals surface area contributed by atoms with Crippen LogP contribution in [0.5, 0.6) is 5.75 Å². The number of nitro benzene ring substituents is 1. The van der Waals surface area contributed by atoms with Crippen molar-refractivity contribution in [2.75, 3.05) is 0 Å². The van der Waals surface area contributed by atoms with Crippen molar-refractivity contribution in [3.63, 3.8) is 0 Å². The van der Waals surface area contributed by atoms with Crippen LogP contribution in [0, 0.1) is 20.6 Å². The van der Waals surface area contributed by atoms with Gasteiger partial charge in [-0.2, -0.15) is 0 Å². The van der Waals surface area contributed by atoms with Crippen LogP contribution in [-0.2, 0) is 0 Å². The Hall–Kier alpha value is -0.850. The van der Waals surface area contributed by atoms with Crippen molar-refractivity contribution in [2.24, 2.45) is 0 Å². The van der Waals surface area contributed by atoms with E-state index in [1.54, 1.807) is 6.92 Å². The molecule has 1 aromatic rings. The monoisotopic (exact) mass is 321 g/mol. The maximum atomic E-state index is 10.8. The molecule has 1 N–H and O–H groups in total. The van der Waals surface area contributed by atoms with Crippen LogP contribution >= 0.6 is 22.6 Å². The summed E-state index contributed by atoms with van der Waals surface area (Å²) in [5.41, 5.74) is 1.14. The van der Waals surface area contributed by atoms with Crippen LogP contribution in [0.2, 0.25) is 0 Å². The van der Waals surface area contributed by atoms with Crippen molar-refractivity contribution >= 4 is 28.3 Å². The fourth-order valence-electron chi connectivity index (χ4n) is 1.49. The SMILES string of the molecule is Cc1cc([N+](=O)[O-])c(C(C)C)c(O)c1I. The number of nitrogens with zero attached hydrogens (tertiary/aromatic N) is 1. The number of aromatic hydroxyl groups is 1. The molecule has 0 saturated heterocycles. The number of phenolic OH excluding ortho intramolecular Hbond substituents is 1. The summed E-state index contributed by atoms with van der Waals surface area (Å²) in [6, 6.07) is 1.51. The maximum absolute atomic E-state index is 10.8. The second-order valence-electron chi connectivity index (χ2n) is 3.70. The van der Waals surface area contributed by atoms with E-state index in [9.17, 15) is 15.2 Å². The first-order chi connectivity index (χ1) is 6.86. The Morgan fingerprint density at radius 3 is 2.47 bits per heavy atom. The first-order valence-corrected chi connectivity index (χ1v) is 5.60. The molecule has 0 amide bonds. The van der Waals surface area contributed by atoms with E-state index in [2.05, 4.69) is 0 Å². The number of hydrogen-bond acceptors (Lipinski definition) is 3. The molecule has 15 heavy (non-hydrogen) atoms. The topological polar surface area (TPSA) is 63.4 Å². The molecule has 0 aromatic heterocycles. The lowest BCUT2D eigenvalue weighted by Gasteiger charge is -2.12. The zero-order chi connectivity index (χ0) is 11.7. The molecule has 0 unspecified atom stereocenters. The van der Waals surface area contributed by atoms with E-state index in [-0.39, 0.29) is 17.4 Å². The van der Waals surface area contributed by atoms with Gasteiger partial charge in [-0.15, -0.1) is 0 Å². The lowest BCUT2D eigenvalue weighted by molar-refractivity contribution is -0.385. The van der Waals surface area contributed by atoms with Crippen LogP contribution in [0.1, 0.15) is 30.9 Å². The summed E-state index contributed by atoms with van der Waals surface area (Å²) >= 11 is 2.00. The first-order valence-electron chi connectivity index (χ1n) is 4.52. The van der Waals surface area contributed by atoms with Gasteiger partial charge in [0.1, 0.15) is 5.75 Å². The van der Waals surface area contributed by atoms with Crippen LogP contribution in [-0.4, -0.2) is 10.0 Å². The Bertz CT molecular complexity index is 416. The van der Waals surface area contributed by atoms with Crippen molar-refractivity contribution in [3.05, 3.63) is 30.9 Å². The molecule has 0 radical (unpaired) electrons. The molecule has 0 saturated carbocycles. The van der Waals surface area contributed by atoms with Crippen molar-refractivity contribution in [3.8, 4) is 5.75 Å². The largest absolute Gasteiger partial charge is 0.506 e. The summed E-state index contributed by atoms with van der Waals surface area (Å²) in [7, 11) is 0. The van der Waals surface area contributed by atoms with Gasteiger partial charge in [-0.25, -0.2) is 0 Å². The van der Waals surface area contributed by atoms with E-state index in [0.717, 1.165) is 5.56 Å². The number of nitro groups is 1. The summed E-state index contributed by atoms with van der Waals surface area (Å²) in [4.78, 5) is 10.4. The lowest BCUT2D eigenvalue weighted by atomic mass is 9.98. The molecular weight excluding hydrogens is 309 g/mol. The van der Waals surface area contributed by atoms with Gasteiger partial charge >= 0.3 is 0 Å². The molecule has 5 heteroatoms. The third kappa shape index (κ3) is 2.22. The first kappa shape index (κ1) is 12.2. The minimum atomic E-state index is -0.446. The highest BCUT2D eigenvalue weighted by Gasteiger charge is 2.23. The normalized spacial score (nSPS) is 10.7. The molecule has 0 bridgehead atoms. The molecule has 0 atom stereocenters. The average molecular weight is 321 g/mol. The van der Waals surface area contributed by atoms with Gasteiger partial charge in [-0.3, -0.25) is 10.1 Å². The van der Waals surface area contributed by atoms with Gasteiger partial charge in [0, 0.05) is 6.07 Å². The number of halogens is 1. The second-order valence-corrected chi connectivity index (χ2v) is 4.78. The lowest BCUT2D eigenvalue weighted by Crippen LogP contribution is -2.00. The Morgan fingerprint density at radius 1 is 1.53 bits per heavy atom. The number of phenols is 1. The Balaban J connectivity index is 3.58. The smallest absolute Gasteiger partial charge is 0.276 e. The van der Waals surface area contributed by atoms with Crippen molar-refractivity contribution in [1.29, 1.82) is 0 Å². The third-order valence-corrected chi connectivity index (χ3v) is 3.57. The highest BCUT2D eigenvalue weighted by Crippen LogP contribution is 2.39. The fourth-order valence-corrected chi connectivity index (χ4v) is 1.94. The Kier molecular flexibility index (Phi) is 3.54. The van der Waals surface area contributed by atoms with E-state index < -0.39 is 4.92 Å². The van der Waals surface area contributed by atoms with Gasteiger partial charge < -0.3 is 5.11 Å². The number of aryl methyl sites for hydroxylation is 1. The molecule has 0 heterocycles. The van der Waals surface area contributed by atoms with Crippen LogP contribution in [0.3, 0.4) is 0 Å². The van der Waals surface area contributed by atoms with Gasteiger partial charge in [-0.05, 0) is 41.0 Å². The standard InChI is InChI=1S/C10H12INO3/c1-5(2)8-7(12(14)15)4-6(3)9(11)10(8)13/h4-5,13H,1-3H3. The number of rotatable bonds is 2. The second kappa shape index (κ2) is 4.34. The molecule has 0 fully saturated rings. The summed E-state index contributed by atoms with van der Waals surface area (Å²) < 4.78 is 0.682. The van der Waals surface area contributed by atoms with Crippen LogP contribution in [0.4, 0.5) is 5.69 Å². The Labute approximate surface area is 102 Å². The number of benzene rings is 1. The highest BCUT2D eigenvalue weighted by molar-refractivity contribution is 14.1. The van der Waals surface area contributed by atoms with Crippen molar-refractivity contribution < 1.29 is 10.0 Å². The quantitative estimate of drug-likeness (QED) is 0.516. The molecular formula is C10H12INO3. The molecule has 0 spiro atoms. The molecule has 82 valence electrons. The van der Waals surface area contributed by atoms with Gasteiger partial charge in [0.05, 0.1) is 14.1 Å². The van der Waals surface area contributed by atoms with Crippen molar-refractivity contribution in [1.82, 2.24) is 0 Å². The van der Waals surface area contributed by atoms with E-state index in [0.29, 0.717) is 9.13 Å². The zero-order valence-electron chi connectivity index (χ0n) is 8.74. The van der Waals surface area contributed by atoms with E-state index in [4.69, 9.17) is 0 Å². The van der Waals surface area contributed by atoms with Gasteiger partial charge in [0.15, 0.2) is 0 Å². The maximum Gasteiger partial charge on any atom is 0.276 e. The molecule has 1 rings (SSSR count). The molecule has 0 aliphatic heterocycles. The van der Waals surface area contributed by atoms with Crippen LogP contribution < -0.4 is 0 Å². The molecule has 4 nitrogen and oxygen atoms in total. The van der Waals surface area contributed by atoms with Crippen molar-refractivity contribution in [2.45, 2.75) is 26.7 Å². The van der Waals surface area contributed by atoms with Gasteiger partial charge in [-0.1, -0.05) is 13.8 Å². The highest BCUT2D eigenvalue weighted by atomic mass is 127. The summed E-state index contributed by atoms with van der Waals surface area (Å²) in [5.74, 6) is -0.0307. The third-order valence-electron chi connectivity index (χ3n) is 2.21. The van der Waals surface area contributed by atoms with Gasteiger partial charge in [0.2, 0.25) is 0 Å². The number of hydrogen-bond donors (Lipinski definition) is 1. The van der Waals surface area contributed by atoms with Crippen LogP contribution in [0.25, 0.3) is 0 Å².